The molecule has 1 saturated heterocycles. The highest BCUT2D eigenvalue weighted by molar-refractivity contribution is 14.0. The molecule has 0 bridgehead atoms. The van der Waals surface area contributed by atoms with Gasteiger partial charge >= 0.3 is 0 Å². The number of benzene rings is 1. The fourth-order valence-electron chi connectivity index (χ4n) is 3.26. The fourth-order valence-corrected chi connectivity index (χ4v) is 5.48. The molecule has 0 radical (unpaired) electrons. The number of likely N-dealkylation sites (N-methyl/N-ethyl adjacent to an activating group) is 1. The van der Waals surface area contributed by atoms with Crippen molar-refractivity contribution in [1.29, 1.82) is 0 Å². The molecular formula is C20H29IN4O2S2. The Morgan fingerprint density at radius 3 is 2.48 bits per heavy atom. The molecule has 0 unspecified atom stereocenters. The van der Waals surface area contributed by atoms with Crippen LogP contribution in [0.4, 0.5) is 0 Å². The van der Waals surface area contributed by atoms with E-state index in [1.807, 2.05) is 19.2 Å². The smallest absolute Gasteiger partial charge is 0.243 e. The van der Waals surface area contributed by atoms with Crippen LogP contribution in [0.3, 0.4) is 0 Å². The maximum absolute atomic E-state index is 12.6. The van der Waals surface area contributed by atoms with Gasteiger partial charge in [-0.1, -0.05) is 18.2 Å². The molecular weight excluding hydrogens is 519 g/mol. The molecule has 1 N–H and O–H groups in total. The Bertz CT molecular complexity index is 878. The molecule has 6 nitrogen and oxygen atoms in total. The lowest BCUT2D eigenvalue weighted by Crippen LogP contribution is -2.39. The van der Waals surface area contributed by atoms with E-state index in [1.165, 1.54) is 4.88 Å². The summed E-state index contributed by atoms with van der Waals surface area (Å²) >= 11 is 1.77. The third-order valence-electron chi connectivity index (χ3n) is 4.92. The second-order valence-electron chi connectivity index (χ2n) is 6.91. The summed E-state index contributed by atoms with van der Waals surface area (Å²) in [5.41, 5.74) is 1.02. The number of guanidine groups is 1. The van der Waals surface area contributed by atoms with E-state index in [4.69, 9.17) is 0 Å². The van der Waals surface area contributed by atoms with Gasteiger partial charge in [0.25, 0.3) is 0 Å². The molecule has 2 aromatic rings. The van der Waals surface area contributed by atoms with Crippen LogP contribution in [0.25, 0.3) is 0 Å². The number of sulfonamides is 1. The molecule has 1 aliphatic rings. The van der Waals surface area contributed by atoms with Crippen molar-refractivity contribution in [2.45, 2.75) is 30.7 Å². The minimum atomic E-state index is -3.35. The van der Waals surface area contributed by atoms with Crippen molar-refractivity contribution in [3.63, 3.8) is 0 Å². The lowest BCUT2D eigenvalue weighted by atomic mass is 10.2. The molecule has 1 aromatic carbocycles. The van der Waals surface area contributed by atoms with Crippen LogP contribution < -0.4 is 5.32 Å². The molecule has 9 heteroatoms. The summed E-state index contributed by atoms with van der Waals surface area (Å²) in [6.45, 7) is 2.73. The zero-order chi connectivity index (χ0) is 20.0. The quantitative estimate of drug-likeness (QED) is 0.328. The predicted molar refractivity (Wildman–Crippen MR) is 131 cm³/mol. The fraction of sp³-hybridized carbons (Fsp3) is 0.450. The lowest BCUT2D eigenvalue weighted by molar-refractivity contribution is 0.477. The SMILES string of the molecule is CN=C(NCc1ccc(S(=O)(=O)N2CCCC2)cc1)N(C)CCc1cccs1.I. The van der Waals surface area contributed by atoms with Crippen LogP contribution >= 0.6 is 35.3 Å². The maximum atomic E-state index is 12.6. The topological polar surface area (TPSA) is 65.0 Å². The second-order valence-corrected chi connectivity index (χ2v) is 9.88. The molecule has 0 spiro atoms. The first kappa shape index (κ1) is 24.1. The summed E-state index contributed by atoms with van der Waals surface area (Å²) in [7, 11) is 0.444. The van der Waals surface area contributed by atoms with Gasteiger partial charge in [0.15, 0.2) is 5.96 Å². The van der Waals surface area contributed by atoms with E-state index in [-0.39, 0.29) is 24.0 Å². The summed E-state index contributed by atoms with van der Waals surface area (Å²) in [6, 6.07) is 11.4. The van der Waals surface area contributed by atoms with E-state index in [0.717, 1.165) is 37.3 Å². The highest BCUT2D eigenvalue weighted by Crippen LogP contribution is 2.21. The van der Waals surface area contributed by atoms with Crippen molar-refractivity contribution < 1.29 is 8.42 Å². The van der Waals surface area contributed by atoms with Gasteiger partial charge in [0.05, 0.1) is 4.90 Å². The second kappa shape index (κ2) is 11.3. The van der Waals surface area contributed by atoms with E-state index in [2.05, 4.69) is 32.7 Å². The van der Waals surface area contributed by atoms with Crippen molar-refractivity contribution in [2.24, 2.45) is 4.99 Å². The first-order chi connectivity index (χ1) is 13.5. The number of rotatable bonds is 7. The van der Waals surface area contributed by atoms with Crippen LogP contribution in [-0.4, -0.2) is 57.3 Å². The van der Waals surface area contributed by atoms with Gasteiger partial charge in [-0.15, -0.1) is 35.3 Å². The average molecular weight is 549 g/mol. The van der Waals surface area contributed by atoms with Crippen LogP contribution in [0, 0.1) is 0 Å². The van der Waals surface area contributed by atoms with Gasteiger partial charge in [-0.25, -0.2) is 8.42 Å². The summed E-state index contributed by atoms with van der Waals surface area (Å²) in [6.07, 6.45) is 2.87. The van der Waals surface area contributed by atoms with Crippen LogP contribution in [0.5, 0.6) is 0 Å². The Morgan fingerprint density at radius 1 is 1.21 bits per heavy atom. The van der Waals surface area contributed by atoms with Gasteiger partial charge in [-0.2, -0.15) is 4.31 Å². The Balaban J connectivity index is 0.00000300. The molecule has 29 heavy (non-hydrogen) atoms. The van der Waals surface area contributed by atoms with Crippen LogP contribution in [0.2, 0.25) is 0 Å². The van der Waals surface area contributed by atoms with Gasteiger partial charge in [-0.3, -0.25) is 4.99 Å². The first-order valence-corrected chi connectivity index (χ1v) is 11.9. The van der Waals surface area contributed by atoms with Gasteiger partial charge in [-0.05, 0) is 48.4 Å². The van der Waals surface area contributed by atoms with Crippen molar-refractivity contribution >= 4 is 51.3 Å². The predicted octanol–water partition coefficient (Wildman–Crippen LogP) is 3.40. The van der Waals surface area contributed by atoms with Crippen LogP contribution in [0.15, 0.2) is 51.7 Å². The zero-order valence-corrected chi connectivity index (χ0v) is 20.8. The summed E-state index contributed by atoms with van der Waals surface area (Å²) < 4.78 is 26.8. The summed E-state index contributed by atoms with van der Waals surface area (Å²) in [4.78, 5) is 8.18. The molecule has 3 rings (SSSR count). The van der Waals surface area contributed by atoms with E-state index in [9.17, 15) is 8.42 Å². The first-order valence-electron chi connectivity index (χ1n) is 9.54. The van der Waals surface area contributed by atoms with E-state index >= 15 is 0 Å². The van der Waals surface area contributed by atoms with Crippen LogP contribution in [-0.2, 0) is 23.0 Å². The summed E-state index contributed by atoms with van der Waals surface area (Å²) in [5, 5.41) is 5.44. The zero-order valence-electron chi connectivity index (χ0n) is 16.9. The Labute approximate surface area is 195 Å². The number of halogens is 1. The van der Waals surface area contributed by atoms with Gasteiger partial charge in [0, 0.05) is 45.2 Å². The minimum Gasteiger partial charge on any atom is -0.352 e. The highest BCUT2D eigenvalue weighted by atomic mass is 127. The number of thiophene rings is 1. The third kappa shape index (κ3) is 6.40. The molecule has 1 aliphatic heterocycles. The largest absolute Gasteiger partial charge is 0.352 e. The van der Waals surface area contributed by atoms with Crippen LogP contribution in [0.1, 0.15) is 23.3 Å². The number of hydrogen-bond donors (Lipinski definition) is 1. The number of nitrogens with zero attached hydrogens (tertiary/aromatic N) is 3. The Morgan fingerprint density at radius 2 is 1.90 bits per heavy atom. The minimum absolute atomic E-state index is 0. The Kier molecular flexibility index (Phi) is 9.38. The number of hydrogen-bond acceptors (Lipinski definition) is 4. The molecule has 0 atom stereocenters. The van der Waals surface area contributed by atoms with E-state index < -0.39 is 10.0 Å². The average Bonchev–Trinajstić information content (AvgIpc) is 3.41. The third-order valence-corrected chi connectivity index (χ3v) is 7.77. The molecule has 1 fully saturated rings. The Hall–Kier alpha value is -1.17. The molecule has 0 amide bonds. The monoisotopic (exact) mass is 548 g/mol. The number of nitrogens with one attached hydrogen (secondary N) is 1. The lowest BCUT2D eigenvalue weighted by Gasteiger charge is -2.22. The normalized spacial score (nSPS) is 15.2. The standard InChI is InChI=1S/C20H28N4O2S2.HI/c1-21-20(23(2)14-11-18-6-5-15-27-18)22-16-17-7-9-19(10-8-17)28(25,26)24-12-3-4-13-24;/h5-10,15H,3-4,11-14,16H2,1-2H3,(H,21,22);1H. The molecule has 2 heterocycles. The van der Waals surface area contributed by atoms with E-state index in [1.54, 1.807) is 34.8 Å². The van der Waals surface area contributed by atoms with Gasteiger partial charge < -0.3 is 10.2 Å². The van der Waals surface area contributed by atoms with Crippen molar-refractivity contribution in [2.75, 3.05) is 33.7 Å². The molecule has 1 aromatic heterocycles. The molecule has 0 saturated carbocycles. The maximum Gasteiger partial charge on any atom is 0.243 e. The van der Waals surface area contributed by atoms with Gasteiger partial charge in [0.1, 0.15) is 0 Å². The molecule has 160 valence electrons. The summed E-state index contributed by atoms with van der Waals surface area (Å²) in [5.74, 6) is 0.824. The molecule has 0 aliphatic carbocycles. The number of aliphatic imine (C=N–C) groups is 1. The van der Waals surface area contributed by atoms with Gasteiger partial charge in [0.2, 0.25) is 10.0 Å². The van der Waals surface area contributed by atoms with Crippen molar-refractivity contribution in [3.05, 3.63) is 52.2 Å². The van der Waals surface area contributed by atoms with Crippen molar-refractivity contribution in [1.82, 2.24) is 14.5 Å². The highest BCUT2D eigenvalue weighted by Gasteiger charge is 2.26. The van der Waals surface area contributed by atoms with E-state index in [0.29, 0.717) is 24.5 Å². The van der Waals surface area contributed by atoms with Crippen molar-refractivity contribution in [3.8, 4) is 0 Å².